The topological polar surface area (TPSA) is 38.3 Å². The number of ether oxygens (including phenoxy) is 1. The van der Waals surface area contributed by atoms with Crippen molar-refractivity contribution in [2.45, 2.75) is 12.5 Å². The summed E-state index contributed by atoms with van der Waals surface area (Å²) < 4.78 is 5.73. The fourth-order valence-corrected chi connectivity index (χ4v) is 2.32. The number of halogens is 1. The van der Waals surface area contributed by atoms with Crippen molar-refractivity contribution in [1.29, 1.82) is 0 Å². The molecule has 0 spiro atoms. The number of fused-ring (bicyclic) bond motifs is 1. The Morgan fingerprint density at radius 2 is 2.00 bits per heavy atom. The second kappa shape index (κ2) is 4.94. The minimum atomic E-state index is -0.520. The average molecular weight is 274 g/mol. The summed E-state index contributed by atoms with van der Waals surface area (Å²) in [6.07, 6.45) is -0.0193. The van der Waals surface area contributed by atoms with Gasteiger partial charge in [-0.15, -0.1) is 0 Å². The first-order chi connectivity index (χ1) is 9.22. The second-order valence-electron chi connectivity index (χ2n) is 4.43. The standard InChI is InChI=1S/C15H12ClNO2/c16-11-5-3-4-10(8-11)9-14-15(18)17-12-6-1-2-7-13(12)19-14/h1-8,14H,9H2,(H,17,18). The smallest absolute Gasteiger partial charge is 0.265 e. The van der Waals surface area contributed by atoms with Gasteiger partial charge in [0, 0.05) is 11.4 Å². The summed E-state index contributed by atoms with van der Waals surface area (Å²) in [5.41, 5.74) is 1.70. The van der Waals surface area contributed by atoms with Crippen molar-refractivity contribution in [3.63, 3.8) is 0 Å². The molecule has 96 valence electrons. The van der Waals surface area contributed by atoms with Crippen molar-refractivity contribution in [1.82, 2.24) is 0 Å². The molecule has 0 aromatic heterocycles. The molecule has 4 heteroatoms. The molecule has 1 heterocycles. The van der Waals surface area contributed by atoms with Crippen LogP contribution in [0.1, 0.15) is 5.56 Å². The molecule has 1 atom stereocenters. The molecule has 1 aliphatic rings. The van der Waals surface area contributed by atoms with Gasteiger partial charge in [0.15, 0.2) is 6.10 Å². The Morgan fingerprint density at radius 1 is 1.16 bits per heavy atom. The van der Waals surface area contributed by atoms with E-state index < -0.39 is 6.10 Å². The molecule has 3 nitrogen and oxygen atoms in total. The highest BCUT2D eigenvalue weighted by Gasteiger charge is 2.27. The summed E-state index contributed by atoms with van der Waals surface area (Å²) in [5, 5.41) is 3.51. The molecule has 0 saturated heterocycles. The summed E-state index contributed by atoms with van der Waals surface area (Å²) in [6.45, 7) is 0. The van der Waals surface area contributed by atoms with Crippen molar-refractivity contribution < 1.29 is 9.53 Å². The molecule has 0 radical (unpaired) electrons. The molecule has 2 aromatic rings. The van der Waals surface area contributed by atoms with Gasteiger partial charge >= 0.3 is 0 Å². The van der Waals surface area contributed by atoms with Crippen LogP contribution in [-0.2, 0) is 11.2 Å². The Bertz CT molecular complexity index is 627. The summed E-state index contributed by atoms with van der Waals surface area (Å²) in [7, 11) is 0. The maximum Gasteiger partial charge on any atom is 0.265 e. The van der Waals surface area contributed by atoms with E-state index in [9.17, 15) is 4.79 Å². The number of rotatable bonds is 2. The van der Waals surface area contributed by atoms with Gasteiger partial charge in [-0.05, 0) is 29.8 Å². The number of nitrogens with one attached hydrogen (secondary N) is 1. The van der Waals surface area contributed by atoms with E-state index in [-0.39, 0.29) is 5.91 Å². The lowest BCUT2D eigenvalue weighted by Gasteiger charge is -2.25. The molecule has 0 fully saturated rings. The minimum absolute atomic E-state index is 0.126. The molecule has 19 heavy (non-hydrogen) atoms. The summed E-state index contributed by atoms with van der Waals surface area (Å²) >= 11 is 5.94. The quantitative estimate of drug-likeness (QED) is 0.912. The van der Waals surface area contributed by atoms with Gasteiger partial charge in [-0.1, -0.05) is 35.9 Å². The molecule has 0 saturated carbocycles. The fraction of sp³-hybridized carbons (Fsp3) is 0.133. The number of hydrogen-bond donors (Lipinski definition) is 1. The second-order valence-corrected chi connectivity index (χ2v) is 4.86. The molecule has 0 aliphatic carbocycles. The lowest BCUT2D eigenvalue weighted by Crippen LogP contribution is -2.38. The van der Waals surface area contributed by atoms with Gasteiger partial charge < -0.3 is 10.1 Å². The summed E-state index contributed by atoms with van der Waals surface area (Å²) in [4.78, 5) is 12.0. The van der Waals surface area contributed by atoms with Crippen LogP contribution in [0.25, 0.3) is 0 Å². The van der Waals surface area contributed by atoms with E-state index in [1.54, 1.807) is 0 Å². The number of anilines is 1. The highest BCUT2D eigenvalue weighted by atomic mass is 35.5. The molecule has 1 N–H and O–H groups in total. The molecule has 3 rings (SSSR count). The highest BCUT2D eigenvalue weighted by Crippen LogP contribution is 2.29. The van der Waals surface area contributed by atoms with Gasteiger partial charge in [-0.2, -0.15) is 0 Å². The average Bonchev–Trinajstić information content (AvgIpc) is 2.40. The van der Waals surface area contributed by atoms with Crippen LogP contribution >= 0.6 is 11.6 Å². The SMILES string of the molecule is O=C1Nc2ccccc2OC1Cc1cccc(Cl)c1. The van der Waals surface area contributed by atoms with Crippen LogP contribution in [-0.4, -0.2) is 12.0 Å². The Kier molecular flexibility index (Phi) is 3.13. The molecule has 2 aromatic carbocycles. The van der Waals surface area contributed by atoms with Crippen LogP contribution in [0.4, 0.5) is 5.69 Å². The van der Waals surface area contributed by atoms with E-state index in [4.69, 9.17) is 16.3 Å². The van der Waals surface area contributed by atoms with Crippen LogP contribution in [0.15, 0.2) is 48.5 Å². The molecule has 1 amide bonds. The molecule has 1 aliphatic heterocycles. The van der Waals surface area contributed by atoms with Gasteiger partial charge in [0.05, 0.1) is 5.69 Å². The Balaban J connectivity index is 1.81. The van der Waals surface area contributed by atoms with Gasteiger partial charge in [0.2, 0.25) is 0 Å². The molecule has 0 bridgehead atoms. The zero-order valence-corrected chi connectivity index (χ0v) is 10.9. The van der Waals surface area contributed by atoms with Crippen LogP contribution in [0, 0.1) is 0 Å². The first-order valence-electron chi connectivity index (χ1n) is 6.03. The number of carbonyl (C=O) groups excluding carboxylic acids is 1. The predicted molar refractivity (Wildman–Crippen MR) is 74.6 cm³/mol. The van der Waals surface area contributed by atoms with E-state index in [1.165, 1.54) is 0 Å². The van der Waals surface area contributed by atoms with Crippen molar-refractivity contribution in [3.05, 3.63) is 59.1 Å². The largest absolute Gasteiger partial charge is 0.478 e. The Labute approximate surface area is 116 Å². The van der Waals surface area contributed by atoms with Crippen molar-refractivity contribution >= 4 is 23.2 Å². The van der Waals surface area contributed by atoms with Gasteiger partial charge in [0.25, 0.3) is 5.91 Å². The van der Waals surface area contributed by atoms with Crippen LogP contribution < -0.4 is 10.1 Å². The maximum atomic E-state index is 12.0. The number of amides is 1. The third-order valence-electron chi connectivity index (χ3n) is 3.02. The molecular weight excluding hydrogens is 262 g/mol. The normalized spacial score (nSPS) is 17.3. The lowest BCUT2D eigenvalue weighted by atomic mass is 10.1. The summed E-state index contributed by atoms with van der Waals surface area (Å²) in [5.74, 6) is 0.577. The molecule has 1 unspecified atom stereocenters. The van der Waals surface area contributed by atoms with Crippen LogP contribution in [0.5, 0.6) is 5.75 Å². The van der Waals surface area contributed by atoms with E-state index >= 15 is 0 Å². The van der Waals surface area contributed by atoms with Crippen molar-refractivity contribution in [2.24, 2.45) is 0 Å². The number of benzene rings is 2. The van der Waals surface area contributed by atoms with Gasteiger partial charge in [-0.25, -0.2) is 0 Å². The lowest BCUT2D eigenvalue weighted by molar-refractivity contribution is -0.123. The van der Waals surface area contributed by atoms with E-state index in [0.29, 0.717) is 17.2 Å². The highest BCUT2D eigenvalue weighted by molar-refractivity contribution is 6.30. The van der Waals surface area contributed by atoms with E-state index in [2.05, 4.69) is 5.32 Å². The minimum Gasteiger partial charge on any atom is -0.478 e. The zero-order valence-electron chi connectivity index (χ0n) is 10.1. The van der Waals surface area contributed by atoms with Gasteiger partial charge in [-0.3, -0.25) is 4.79 Å². The third kappa shape index (κ3) is 2.56. The Morgan fingerprint density at radius 3 is 2.84 bits per heavy atom. The molecular formula is C15H12ClNO2. The number of para-hydroxylation sites is 2. The third-order valence-corrected chi connectivity index (χ3v) is 3.25. The first-order valence-corrected chi connectivity index (χ1v) is 6.41. The predicted octanol–water partition coefficient (Wildman–Crippen LogP) is 3.28. The van der Waals surface area contributed by atoms with E-state index in [1.807, 2.05) is 48.5 Å². The Hall–Kier alpha value is -2.00. The van der Waals surface area contributed by atoms with Crippen molar-refractivity contribution in [3.8, 4) is 5.75 Å². The van der Waals surface area contributed by atoms with Gasteiger partial charge in [0.1, 0.15) is 5.75 Å². The van der Waals surface area contributed by atoms with Crippen LogP contribution in [0.3, 0.4) is 0 Å². The monoisotopic (exact) mass is 273 g/mol. The first kappa shape index (κ1) is 12.1. The fourth-order valence-electron chi connectivity index (χ4n) is 2.11. The zero-order chi connectivity index (χ0) is 13.2. The maximum absolute atomic E-state index is 12.0. The number of carbonyl (C=O) groups is 1. The van der Waals surface area contributed by atoms with E-state index in [0.717, 1.165) is 11.3 Å². The summed E-state index contributed by atoms with van der Waals surface area (Å²) in [6, 6.07) is 14.9. The van der Waals surface area contributed by atoms with Crippen LogP contribution in [0.2, 0.25) is 5.02 Å². The number of hydrogen-bond acceptors (Lipinski definition) is 2. The van der Waals surface area contributed by atoms with Crippen molar-refractivity contribution in [2.75, 3.05) is 5.32 Å².